The van der Waals surface area contributed by atoms with E-state index < -0.39 is 0 Å². The predicted molar refractivity (Wildman–Crippen MR) is 156 cm³/mol. The van der Waals surface area contributed by atoms with Crippen molar-refractivity contribution < 1.29 is 14.5 Å². The zero-order chi connectivity index (χ0) is 27.2. The Morgan fingerprint density at radius 3 is 2.46 bits per heavy atom. The molecule has 208 valence electrons. The number of rotatable bonds is 10. The minimum atomic E-state index is 0.161. The Balaban J connectivity index is 1.42. The third kappa shape index (κ3) is 6.71. The molecule has 0 aliphatic carbocycles. The first-order chi connectivity index (χ1) is 19.1. The van der Waals surface area contributed by atoms with E-state index in [0.717, 1.165) is 51.4 Å². The van der Waals surface area contributed by atoms with Gasteiger partial charge in [0.05, 0.1) is 26.9 Å². The van der Waals surface area contributed by atoms with Crippen molar-refractivity contribution in [1.82, 2.24) is 14.7 Å². The van der Waals surface area contributed by atoms with Crippen LogP contribution in [0.25, 0.3) is 0 Å². The second kappa shape index (κ2) is 13.1. The quantitative estimate of drug-likeness (QED) is 0.201. The lowest BCUT2D eigenvalue weighted by atomic mass is 9.89. The molecule has 1 fully saturated rings. The standard InChI is InChI=1S/C33H43N3O3/c1-25-22-36(26(2)21-35(25)23-27-9-6-5-7-10-27)33(29-11-8-12-32(20-29)37-3)30-14-13-28-15-16-34(17-18-39-38-4)24-31(28)19-30/h5-14,19-20,25-26,33H,15-18,21-24H2,1-4H3/t25-,26+,33?/m1/s1. The molecule has 6 nitrogen and oxygen atoms in total. The zero-order valence-electron chi connectivity index (χ0n) is 23.9. The summed E-state index contributed by atoms with van der Waals surface area (Å²) in [6, 6.07) is 27.7. The van der Waals surface area contributed by atoms with E-state index in [9.17, 15) is 0 Å². The fourth-order valence-electron chi connectivity index (χ4n) is 6.26. The largest absolute Gasteiger partial charge is 0.497 e. The lowest BCUT2D eigenvalue weighted by Crippen LogP contribution is -2.56. The third-order valence-corrected chi connectivity index (χ3v) is 8.38. The first-order valence-electron chi connectivity index (χ1n) is 14.2. The molecule has 0 aromatic heterocycles. The number of ether oxygens (including phenoxy) is 1. The molecule has 2 aliphatic rings. The van der Waals surface area contributed by atoms with Crippen molar-refractivity contribution >= 4 is 0 Å². The molecule has 2 aliphatic heterocycles. The molecule has 3 aromatic carbocycles. The maximum absolute atomic E-state index is 5.66. The van der Waals surface area contributed by atoms with Crippen LogP contribution in [0, 0.1) is 0 Å². The molecule has 2 heterocycles. The van der Waals surface area contributed by atoms with Gasteiger partial charge in [-0.25, -0.2) is 9.78 Å². The van der Waals surface area contributed by atoms with Crippen molar-refractivity contribution in [3.05, 3.63) is 101 Å². The van der Waals surface area contributed by atoms with Crippen molar-refractivity contribution in [3.8, 4) is 5.75 Å². The molecule has 0 saturated carbocycles. The maximum Gasteiger partial charge on any atom is 0.119 e. The summed E-state index contributed by atoms with van der Waals surface area (Å²) in [6.45, 7) is 11.2. The molecule has 3 aromatic rings. The van der Waals surface area contributed by atoms with Gasteiger partial charge in [0, 0.05) is 51.4 Å². The molecular formula is C33H43N3O3. The van der Waals surface area contributed by atoms with E-state index in [0.29, 0.717) is 18.7 Å². The van der Waals surface area contributed by atoms with Crippen molar-refractivity contribution in [1.29, 1.82) is 0 Å². The second-order valence-corrected chi connectivity index (χ2v) is 11.0. The van der Waals surface area contributed by atoms with E-state index >= 15 is 0 Å². The van der Waals surface area contributed by atoms with Crippen LogP contribution in [0.5, 0.6) is 5.75 Å². The predicted octanol–water partition coefficient (Wildman–Crippen LogP) is 5.32. The summed E-state index contributed by atoms with van der Waals surface area (Å²) >= 11 is 0. The average Bonchev–Trinajstić information content (AvgIpc) is 2.96. The first kappa shape index (κ1) is 27.8. The molecule has 0 spiro atoms. The van der Waals surface area contributed by atoms with E-state index in [-0.39, 0.29) is 6.04 Å². The minimum Gasteiger partial charge on any atom is -0.497 e. The van der Waals surface area contributed by atoms with Crippen molar-refractivity contribution in [2.75, 3.05) is 47.0 Å². The van der Waals surface area contributed by atoms with Gasteiger partial charge in [0.2, 0.25) is 0 Å². The van der Waals surface area contributed by atoms with E-state index in [1.54, 1.807) is 14.2 Å². The molecule has 0 radical (unpaired) electrons. The number of nitrogens with zero attached hydrogens (tertiary/aromatic N) is 3. The first-order valence-corrected chi connectivity index (χ1v) is 14.2. The fraction of sp³-hybridized carbons (Fsp3) is 0.455. The van der Waals surface area contributed by atoms with E-state index in [1.807, 2.05) is 6.07 Å². The number of benzene rings is 3. The van der Waals surface area contributed by atoms with Crippen LogP contribution in [0.2, 0.25) is 0 Å². The Hall–Kier alpha value is -2.74. The molecule has 5 rings (SSSR count). The summed E-state index contributed by atoms with van der Waals surface area (Å²) in [5, 5.41) is 0. The van der Waals surface area contributed by atoms with E-state index in [2.05, 4.69) is 95.3 Å². The molecule has 1 saturated heterocycles. The van der Waals surface area contributed by atoms with Crippen molar-refractivity contribution in [3.63, 3.8) is 0 Å². The van der Waals surface area contributed by atoms with Crippen LogP contribution in [0.1, 0.15) is 47.7 Å². The summed E-state index contributed by atoms with van der Waals surface area (Å²) in [5.74, 6) is 0.906. The highest BCUT2D eigenvalue weighted by molar-refractivity contribution is 5.41. The van der Waals surface area contributed by atoms with E-state index in [4.69, 9.17) is 14.5 Å². The number of piperazine rings is 1. The number of hydrogen-bond acceptors (Lipinski definition) is 6. The van der Waals surface area contributed by atoms with E-state index in [1.165, 1.54) is 27.8 Å². The summed E-state index contributed by atoms with van der Waals surface area (Å²) < 4.78 is 5.66. The second-order valence-electron chi connectivity index (χ2n) is 11.0. The zero-order valence-corrected chi connectivity index (χ0v) is 23.9. The molecule has 39 heavy (non-hydrogen) atoms. The normalized spacial score (nSPS) is 21.4. The van der Waals surface area contributed by atoms with Crippen LogP contribution in [-0.4, -0.2) is 73.8 Å². The molecular weight excluding hydrogens is 486 g/mol. The average molecular weight is 530 g/mol. The van der Waals surface area contributed by atoms with Gasteiger partial charge in [0.25, 0.3) is 0 Å². The monoisotopic (exact) mass is 529 g/mol. The van der Waals surface area contributed by atoms with Gasteiger partial charge in [-0.2, -0.15) is 0 Å². The molecule has 1 unspecified atom stereocenters. The number of fused-ring (bicyclic) bond motifs is 1. The molecule has 0 N–H and O–H groups in total. The Morgan fingerprint density at radius 1 is 0.846 bits per heavy atom. The summed E-state index contributed by atoms with van der Waals surface area (Å²) in [5.41, 5.74) is 6.90. The molecule has 6 heteroatoms. The summed E-state index contributed by atoms with van der Waals surface area (Å²) in [7, 11) is 3.32. The minimum absolute atomic E-state index is 0.161. The highest BCUT2D eigenvalue weighted by atomic mass is 17.2. The van der Waals surface area contributed by atoms with Crippen molar-refractivity contribution in [2.45, 2.75) is 51.5 Å². The van der Waals surface area contributed by atoms with Crippen LogP contribution < -0.4 is 4.74 Å². The van der Waals surface area contributed by atoms with Gasteiger partial charge in [-0.15, -0.1) is 0 Å². The fourth-order valence-corrected chi connectivity index (χ4v) is 6.26. The SMILES string of the molecule is COOCCN1CCc2ccc(C(c3cccc(OC)c3)N3C[C@@H](C)N(Cc4ccccc4)C[C@@H]3C)cc2C1. The number of methoxy groups -OCH3 is 1. The Bertz CT molecular complexity index is 1200. The van der Waals surface area contributed by atoms with Gasteiger partial charge < -0.3 is 4.74 Å². The Kier molecular flexibility index (Phi) is 9.32. The molecule has 0 bridgehead atoms. The smallest absolute Gasteiger partial charge is 0.119 e. The van der Waals surface area contributed by atoms with Crippen LogP contribution in [-0.2, 0) is 29.3 Å². The Labute approximate surface area is 234 Å². The summed E-state index contributed by atoms with van der Waals surface area (Å²) in [6.07, 6.45) is 1.07. The Morgan fingerprint density at radius 2 is 1.67 bits per heavy atom. The lowest BCUT2D eigenvalue weighted by molar-refractivity contribution is -0.273. The highest BCUT2D eigenvalue weighted by Crippen LogP contribution is 2.36. The van der Waals surface area contributed by atoms with Gasteiger partial charge in [-0.3, -0.25) is 14.7 Å². The van der Waals surface area contributed by atoms with Gasteiger partial charge in [-0.1, -0.05) is 60.7 Å². The van der Waals surface area contributed by atoms with Gasteiger partial charge in [-0.05, 0) is 60.2 Å². The van der Waals surface area contributed by atoms with Crippen LogP contribution >= 0.6 is 0 Å². The lowest BCUT2D eigenvalue weighted by Gasteiger charge is -2.48. The highest BCUT2D eigenvalue weighted by Gasteiger charge is 2.35. The maximum atomic E-state index is 5.66. The third-order valence-electron chi connectivity index (χ3n) is 8.38. The van der Waals surface area contributed by atoms with Gasteiger partial charge in [0.1, 0.15) is 5.75 Å². The number of hydrogen-bond donors (Lipinski definition) is 0. The van der Waals surface area contributed by atoms with Crippen LogP contribution in [0.3, 0.4) is 0 Å². The van der Waals surface area contributed by atoms with Gasteiger partial charge in [0.15, 0.2) is 0 Å². The van der Waals surface area contributed by atoms with Gasteiger partial charge >= 0.3 is 0 Å². The summed E-state index contributed by atoms with van der Waals surface area (Å²) in [4.78, 5) is 17.7. The van der Waals surface area contributed by atoms with Crippen LogP contribution in [0.4, 0.5) is 0 Å². The topological polar surface area (TPSA) is 37.4 Å². The molecule has 0 amide bonds. The molecule has 3 atom stereocenters. The van der Waals surface area contributed by atoms with Crippen LogP contribution in [0.15, 0.2) is 72.8 Å². The van der Waals surface area contributed by atoms with Crippen molar-refractivity contribution in [2.24, 2.45) is 0 Å².